The molecule has 0 unspecified atom stereocenters. The first-order valence-electron chi connectivity index (χ1n) is 7.77. The molecule has 0 saturated heterocycles. The number of hydrogen-bond acceptors (Lipinski definition) is 3. The van der Waals surface area contributed by atoms with Crippen LogP contribution in [-0.4, -0.2) is 24.3 Å². The highest BCUT2D eigenvalue weighted by Crippen LogP contribution is 2.33. The molecule has 0 spiro atoms. The van der Waals surface area contributed by atoms with E-state index in [1.807, 2.05) is 13.0 Å². The van der Waals surface area contributed by atoms with Gasteiger partial charge in [-0.15, -0.1) is 0 Å². The Morgan fingerprint density at radius 1 is 1.48 bits per heavy atom. The van der Waals surface area contributed by atoms with E-state index in [9.17, 15) is 4.79 Å². The van der Waals surface area contributed by atoms with E-state index in [4.69, 9.17) is 9.47 Å². The maximum atomic E-state index is 11.9. The van der Waals surface area contributed by atoms with Crippen LogP contribution in [-0.2, 0) is 14.3 Å². The van der Waals surface area contributed by atoms with Gasteiger partial charge in [0.2, 0.25) is 0 Å². The van der Waals surface area contributed by atoms with Gasteiger partial charge in [0.05, 0.1) is 12.2 Å². The maximum absolute atomic E-state index is 11.9. The second-order valence-electron chi connectivity index (χ2n) is 6.41. The second-order valence-corrected chi connectivity index (χ2v) is 6.41. The van der Waals surface area contributed by atoms with Gasteiger partial charge in [-0.3, -0.25) is 0 Å². The van der Waals surface area contributed by atoms with Crippen molar-refractivity contribution >= 4 is 5.97 Å². The molecule has 2 bridgehead atoms. The van der Waals surface area contributed by atoms with Crippen molar-refractivity contribution < 1.29 is 14.3 Å². The molecule has 1 heterocycles. The topological polar surface area (TPSA) is 35.5 Å². The Morgan fingerprint density at radius 2 is 2.19 bits per heavy atom. The van der Waals surface area contributed by atoms with Crippen molar-refractivity contribution in [3.8, 4) is 0 Å². The van der Waals surface area contributed by atoms with Crippen molar-refractivity contribution in [3.63, 3.8) is 0 Å². The SMILES string of the molecule is C=C(C)[C@@H]1C[C@@H](OC(C)C)/C(C)=C/CCC2=C[C@@H]1OC2=O. The van der Waals surface area contributed by atoms with Gasteiger partial charge < -0.3 is 9.47 Å². The third kappa shape index (κ3) is 3.85. The summed E-state index contributed by atoms with van der Waals surface area (Å²) in [6.07, 6.45) is 6.62. The van der Waals surface area contributed by atoms with Crippen LogP contribution in [0.15, 0.2) is 35.5 Å². The fourth-order valence-corrected chi connectivity index (χ4v) is 2.99. The third-order valence-electron chi connectivity index (χ3n) is 4.19. The maximum Gasteiger partial charge on any atom is 0.334 e. The fraction of sp³-hybridized carbons (Fsp3) is 0.611. The predicted molar refractivity (Wildman–Crippen MR) is 83.9 cm³/mol. The number of allylic oxidation sites excluding steroid dienone is 1. The van der Waals surface area contributed by atoms with Crippen LogP contribution in [0.3, 0.4) is 0 Å². The summed E-state index contributed by atoms with van der Waals surface area (Å²) < 4.78 is 11.6. The highest BCUT2D eigenvalue weighted by Gasteiger charge is 2.34. The van der Waals surface area contributed by atoms with Crippen LogP contribution >= 0.6 is 0 Å². The number of carbonyl (C=O) groups is 1. The normalized spacial score (nSPS) is 32.2. The van der Waals surface area contributed by atoms with Gasteiger partial charge in [0.15, 0.2) is 0 Å². The minimum atomic E-state index is -0.186. The molecule has 3 nitrogen and oxygen atoms in total. The molecule has 1 aliphatic heterocycles. The number of ether oxygens (including phenoxy) is 2. The lowest BCUT2D eigenvalue weighted by molar-refractivity contribution is -0.141. The van der Waals surface area contributed by atoms with Crippen molar-refractivity contribution in [1.82, 2.24) is 0 Å². The highest BCUT2D eigenvalue weighted by atomic mass is 16.5. The molecular formula is C18H26O3. The van der Waals surface area contributed by atoms with Gasteiger partial charge in [-0.1, -0.05) is 18.2 Å². The molecule has 0 N–H and O–H groups in total. The summed E-state index contributed by atoms with van der Waals surface area (Å²) in [5, 5.41) is 0. The quantitative estimate of drug-likeness (QED) is 0.583. The summed E-state index contributed by atoms with van der Waals surface area (Å²) in [4.78, 5) is 11.9. The van der Waals surface area contributed by atoms with Gasteiger partial charge in [0.25, 0.3) is 0 Å². The molecule has 0 aromatic carbocycles. The van der Waals surface area contributed by atoms with Crippen molar-refractivity contribution in [2.45, 2.75) is 65.3 Å². The average molecular weight is 290 g/mol. The monoisotopic (exact) mass is 290 g/mol. The molecule has 3 atom stereocenters. The molecular weight excluding hydrogens is 264 g/mol. The summed E-state index contributed by atoms with van der Waals surface area (Å²) in [6.45, 7) is 12.3. The largest absolute Gasteiger partial charge is 0.454 e. The third-order valence-corrected chi connectivity index (χ3v) is 4.19. The molecule has 0 aromatic heterocycles. The van der Waals surface area contributed by atoms with E-state index in [0.29, 0.717) is 0 Å². The van der Waals surface area contributed by atoms with Crippen LogP contribution in [0.2, 0.25) is 0 Å². The molecule has 0 saturated carbocycles. The average Bonchev–Trinajstić information content (AvgIpc) is 2.73. The Labute approximate surface area is 127 Å². The van der Waals surface area contributed by atoms with E-state index >= 15 is 0 Å². The first-order chi connectivity index (χ1) is 9.88. The highest BCUT2D eigenvalue weighted by molar-refractivity contribution is 5.91. The zero-order chi connectivity index (χ0) is 15.6. The van der Waals surface area contributed by atoms with Gasteiger partial charge in [-0.25, -0.2) is 4.79 Å². The molecule has 0 aromatic rings. The van der Waals surface area contributed by atoms with Crippen LogP contribution in [0.4, 0.5) is 0 Å². The van der Waals surface area contributed by atoms with Gasteiger partial charge >= 0.3 is 5.97 Å². The zero-order valence-corrected chi connectivity index (χ0v) is 13.5. The van der Waals surface area contributed by atoms with E-state index in [0.717, 1.165) is 30.4 Å². The van der Waals surface area contributed by atoms with E-state index in [1.54, 1.807) is 0 Å². The number of carbonyl (C=O) groups excluding carboxylic acids is 1. The molecule has 3 heteroatoms. The first-order valence-corrected chi connectivity index (χ1v) is 7.77. The standard InChI is InChI=1S/C18H26O3/c1-11(2)15-10-16(20-12(3)4)13(5)7-6-8-14-9-17(15)21-18(14)19/h7,9,12,15-17H,1,6,8,10H2,2-5H3/b13-7+/t15-,16+,17-/m0/s1. The molecule has 1 aliphatic carbocycles. The van der Waals surface area contributed by atoms with E-state index < -0.39 is 0 Å². The van der Waals surface area contributed by atoms with Gasteiger partial charge in [0.1, 0.15) is 6.10 Å². The Balaban J connectivity index is 2.29. The Morgan fingerprint density at radius 3 is 2.81 bits per heavy atom. The number of rotatable bonds is 3. The van der Waals surface area contributed by atoms with Gasteiger partial charge in [0, 0.05) is 11.5 Å². The summed E-state index contributed by atoms with van der Waals surface area (Å²) in [7, 11) is 0. The van der Waals surface area contributed by atoms with Crippen molar-refractivity contribution in [2.75, 3.05) is 0 Å². The summed E-state index contributed by atoms with van der Waals surface area (Å²) >= 11 is 0. The van der Waals surface area contributed by atoms with Crippen molar-refractivity contribution in [3.05, 3.63) is 35.5 Å². The minimum absolute atomic E-state index is 0.0564. The molecule has 2 aliphatic rings. The molecule has 0 amide bonds. The first kappa shape index (κ1) is 16.0. The van der Waals surface area contributed by atoms with Gasteiger partial charge in [-0.2, -0.15) is 0 Å². The molecule has 0 fully saturated rings. The van der Waals surface area contributed by atoms with Crippen LogP contribution in [0.1, 0.15) is 47.0 Å². The molecule has 21 heavy (non-hydrogen) atoms. The zero-order valence-electron chi connectivity index (χ0n) is 13.5. The van der Waals surface area contributed by atoms with Crippen molar-refractivity contribution in [1.29, 1.82) is 0 Å². The van der Waals surface area contributed by atoms with Crippen LogP contribution < -0.4 is 0 Å². The lowest BCUT2D eigenvalue weighted by Crippen LogP contribution is -2.29. The minimum Gasteiger partial charge on any atom is -0.454 e. The molecule has 0 radical (unpaired) electrons. The Bertz CT molecular complexity index is 485. The summed E-state index contributed by atoms with van der Waals surface area (Å²) in [6, 6.07) is 0. The fourth-order valence-electron chi connectivity index (χ4n) is 2.99. The number of hydrogen-bond donors (Lipinski definition) is 0. The molecule has 116 valence electrons. The Hall–Kier alpha value is -1.35. The van der Waals surface area contributed by atoms with E-state index in [1.165, 1.54) is 5.57 Å². The van der Waals surface area contributed by atoms with Crippen molar-refractivity contribution in [2.24, 2.45) is 5.92 Å². The lowest BCUT2D eigenvalue weighted by Gasteiger charge is -2.29. The lowest BCUT2D eigenvalue weighted by atomic mass is 9.86. The predicted octanol–water partition coefficient (Wildman–Crippen LogP) is 3.95. The van der Waals surface area contributed by atoms with E-state index in [2.05, 4.69) is 33.4 Å². The molecule has 2 rings (SSSR count). The summed E-state index contributed by atoms with van der Waals surface area (Å²) in [5.41, 5.74) is 3.08. The smallest absolute Gasteiger partial charge is 0.334 e. The van der Waals surface area contributed by atoms with E-state index in [-0.39, 0.29) is 30.2 Å². The number of esters is 1. The number of fused-ring (bicyclic) bond motifs is 1. The van der Waals surface area contributed by atoms with Gasteiger partial charge in [-0.05, 0) is 58.6 Å². The van der Waals surface area contributed by atoms with Crippen LogP contribution in [0.25, 0.3) is 0 Å². The van der Waals surface area contributed by atoms with Crippen LogP contribution in [0, 0.1) is 5.92 Å². The van der Waals surface area contributed by atoms with Crippen LogP contribution in [0.5, 0.6) is 0 Å². The second kappa shape index (κ2) is 6.61. The Kier molecular flexibility index (Phi) is 5.04. The summed E-state index contributed by atoms with van der Waals surface area (Å²) in [5.74, 6) is -0.0582.